The molecule has 1 unspecified atom stereocenters. The molecule has 0 radical (unpaired) electrons. The van der Waals surface area contributed by atoms with E-state index in [-0.39, 0.29) is 12.5 Å². The SMILES string of the molecule is O=C1Nc2ccc(Cl)cc2C1(N[C@@H](CO)c1ccccc1)c1ccccc1Cl. The summed E-state index contributed by atoms with van der Waals surface area (Å²) < 4.78 is 0. The molecular formula is C22H18Cl2N2O2. The summed E-state index contributed by atoms with van der Waals surface area (Å²) in [4.78, 5) is 13.3. The molecule has 28 heavy (non-hydrogen) atoms. The summed E-state index contributed by atoms with van der Waals surface area (Å²) in [6.45, 7) is -0.195. The van der Waals surface area contributed by atoms with E-state index in [1.807, 2.05) is 48.5 Å². The number of carbonyl (C=O) groups excluding carboxylic acids is 1. The first-order valence-electron chi connectivity index (χ1n) is 8.86. The van der Waals surface area contributed by atoms with Gasteiger partial charge >= 0.3 is 0 Å². The molecule has 4 rings (SSSR count). The topological polar surface area (TPSA) is 61.4 Å². The molecule has 6 heteroatoms. The zero-order chi connectivity index (χ0) is 19.7. The second kappa shape index (κ2) is 7.57. The molecule has 0 bridgehead atoms. The smallest absolute Gasteiger partial charge is 0.254 e. The molecular weight excluding hydrogens is 395 g/mol. The molecule has 3 aromatic rings. The summed E-state index contributed by atoms with van der Waals surface area (Å²) in [6.07, 6.45) is 0. The number of fused-ring (bicyclic) bond motifs is 1. The van der Waals surface area contributed by atoms with Gasteiger partial charge in [-0.05, 0) is 29.8 Å². The zero-order valence-corrected chi connectivity index (χ0v) is 16.3. The van der Waals surface area contributed by atoms with Crippen molar-refractivity contribution in [2.45, 2.75) is 11.6 Å². The van der Waals surface area contributed by atoms with E-state index in [1.54, 1.807) is 24.3 Å². The molecule has 3 aromatic carbocycles. The molecule has 0 aliphatic carbocycles. The average Bonchev–Trinajstić information content (AvgIpc) is 2.98. The predicted molar refractivity (Wildman–Crippen MR) is 112 cm³/mol. The lowest BCUT2D eigenvalue weighted by atomic mass is 9.82. The number of nitrogens with one attached hydrogen (secondary N) is 2. The number of rotatable bonds is 5. The molecule has 0 fully saturated rings. The van der Waals surface area contributed by atoms with Gasteiger partial charge in [-0.3, -0.25) is 10.1 Å². The fraction of sp³-hybridized carbons (Fsp3) is 0.136. The third-order valence-electron chi connectivity index (χ3n) is 5.03. The van der Waals surface area contributed by atoms with Crippen molar-refractivity contribution < 1.29 is 9.90 Å². The van der Waals surface area contributed by atoms with Crippen LogP contribution < -0.4 is 10.6 Å². The number of benzene rings is 3. The van der Waals surface area contributed by atoms with Gasteiger partial charge in [0.25, 0.3) is 5.91 Å². The quantitative estimate of drug-likeness (QED) is 0.577. The van der Waals surface area contributed by atoms with Crippen LogP contribution >= 0.6 is 23.2 Å². The predicted octanol–water partition coefficient (Wildman–Crippen LogP) is 4.51. The van der Waals surface area contributed by atoms with Crippen molar-refractivity contribution in [2.24, 2.45) is 0 Å². The molecule has 0 aromatic heterocycles. The van der Waals surface area contributed by atoms with Crippen molar-refractivity contribution in [1.29, 1.82) is 0 Å². The van der Waals surface area contributed by atoms with Gasteiger partial charge in [-0.2, -0.15) is 0 Å². The Kier molecular flexibility index (Phi) is 5.13. The van der Waals surface area contributed by atoms with E-state index < -0.39 is 11.6 Å². The standard InChI is InChI=1S/C22H18Cl2N2O2/c23-15-10-11-19-17(12-15)22(21(28)25-19,16-8-4-5-9-18(16)24)26-20(13-27)14-6-2-1-3-7-14/h1-12,20,26-27H,13H2,(H,25,28)/t20-,22?/m0/s1. The van der Waals surface area contributed by atoms with E-state index in [0.29, 0.717) is 26.9 Å². The third-order valence-corrected chi connectivity index (χ3v) is 5.59. The van der Waals surface area contributed by atoms with E-state index >= 15 is 0 Å². The number of aliphatic hydroxyl groups is 1. The van der Waals surface area contributed by atoms with E-state index in [9.17, 15) is 9.90 Å². The van der Waals surface area contributed by atoms with Gasteiger partial charge < -0.3 is 10.4 Å². The van der Waals surface area contributed by atoms with Crippen LogP contribution in [-0.2, 0) is 10.3 Å². The zero-order valence-electron chi connectivity index (χ0n) is 14.8. The monoisotopic (exact) mass is 412 g/mol. The van der Waals surface area contributed by atoms with Crippen LogP contribution in [0, 0.1) is 0 Å². The summed E-state index contributed by atoms with van der Waals surface area (Å²) in [5, 5.41) is 17.4. The van der Waals surface area contributed by atoms with Gasteiger partial charge in [-0.25, -0.2) is 0 Å². The number of halogens is 2. The summed E-state index contributed by atoms with van der Waals surface area (Å²) in [5.74, 6) is -0.271. The van der Waals surface area contributed by atoms with Gasteiger partial charge in [-0.1, -0.05) is 71.7 Å². The van der Waals surface area contributed by atoms with Crippen LogP contribution in [0.15, 0.2) is 72.8 Å². The maximum atomic E-state index is 13.3. The van der Waals surface area contributed by atoms with Gasteiger partial charge in [0.1, 0.15) is 0 Å². The Morgan fingerprint density at radius 1 is 0.964 bits per heavy atom. The van der Waals surface area contributed by atoms with Gasteiger partial charge in [0.15, 0.2) is 5.54 Å². The Balaban J connectivity index is 1.93. The summed E-state index contributed by atoms with van der Waals surface area (Å²) in [7, 11) is 0. The van der Waals surface area contributed by atoms with Gasteiger partial charge in [-0.15, -0.1) is 0 Å². The van der Waals surface area contributed by atoms with Crippen molar-refractivity contribution in [3.63, 3.8) is 0 Å². The fourth-order valence-electron chi connectivity index (χ4n) is 3.71. The van der Waals surface area contributed by atoms with Crippen LogP contribution in [0.1, 0.15) is 22.7 Å². The van der Waals surface area contributed by atoms with Gasteiger partial charge in [0.05, 0.1) is 12.6 Å². The lowest BCUT2D eigenvalue weighted by Crippen LogP contribution is -2.51. The van der Waals surface area contributed by atoms with E-state index in [2.05, 4.69) is 10.6 Å². The Morgan fingerprint density at radius 3 is 2.39 bits per heavy atom. The number of anilines is 1. The molecule has 1 aliphatic heterocycles. The molecule has 1 amide bonds. The molecule has 0 saturated heterocycles. The van der Waals surface area contributed by atoms with Crippen LogP contribution in [-0.4, -0.2) is 17.6 Å². The highest BCUT2D eigenvalue weighted by molar-refractivity contribution is 6.32. The largest absolute Gasteiger partial charge is 0.394 e. The molecule has 0 spiro atoms. The van der Waals surface area contributed by atoms with Gasteiger partial charge in [0.2, 0.25) is 0 Å². The average molecular weight is 413 g/mol. The highest BCUT2D eigenvalue weighted by Gasteiger charge is 2.50. The first kappa shape index (κ1) is 19.0. The van der Waals surface area contributed by atoms with Crippen molar-refractivity contribution >= 4 is 34.8 Å². The minimum atomic E-state index is -1.29. The van der Waals surface area contributed by atoms with Gasteiger partial charge in [0, 0.05) is 26.9 Å². The van der Waals surface area contributed by atoms with Crippen molar-refractivity contribution in [2.75, 3.05) is 11.9 Å². The Bertz CT molecular complexity index is 1030. The maximum Gasteiger partial charge on any atom is 0.254 e. The molecule has 1 heterocycles. The highest BCUT2D eigenvalue weighted by Crippen LogP contribution is 2.45. The van der Waals surface area contributed by atoms with Crippen molar-refractivity contribution in [1.82, 2.24) is 5.32 Å². The lowest BCUT2D eigenvalue weighted by Gasteiger charge is -2.34. The number of hydrogen-bond acceptors (Lipinski definition) is 3. The Hall–Kier alpha value is -2.37. The molecule has 0 saturated carbocycles. The van der Waals surface area contributed by atoms with Crippen molar-refractivity contribution in [3.8, 4) is 0 Å². The summed E-state index contributed by atoms with van der Waals surface area (Å²) in [6, 6.07) is 21.4. The molecule has 4 nitrogen and oxygen atoms in total. The minimum absolute atomic E-state index is 0.195. The maximum absolute atomic E-state index is 13.3. The number of aliphatic hydroxyl groups excluding tert-OH is 1. The second-order valence-electron chi connectivity index (χ2n) is 6.66. The van der Waals surface area contributed by atoms with Crippen LogP contribution in [0.4, 0.5) is 5.69 Å². The minimum Gasteiger partial charge on any atom is -0.394 e. The molecule has 3 N–H and O–H groups in total. The molecule has 1 aliphatic rings. The van der Waals surface area contributed by atoms with Crippen molar-refractivity contribution in [3.05, 3.63) is 99.5 Å². The number of hydrogen-bond donors (Lipinski definition) is 3. The van der Waals surface area contributed by atoms with Crippen LogP contribution in [0.5, 0.6) is 0 Å². The lowest BCUT2D eigenvalue weighted by molar-refractivity contribution is -0.120. The highest BCUT2D eigenvalue weighted by atomic mass is 35.5. The fourth-order valence-corrected chi connectivity index (χ4v) is 4.16. The van der Waals surface area contributed by atoms with E-state index in [4.69, 9.17) is 23.2 Å². The first-order valence-corrected chi connectivity index (χ1v) is 9.62. The molecule has 2 atom stereocenters. The second-order valence-corrected chi connectivity index (χ2v) is 7.51. The van der Waals surface area contributed by atoms with E-state index in [1.165, 1.54) is 0 Å². The summed E-state index contributed by atoms with van der Waals surface area (Å²) in [5.41, 5.74) is 1.50. The van der Waals surface area contributed by atoms with Crippen LogP contribution in [0.25, 0.3) is 0 Å². The Labute approximate surface area is 173 Å². The molecule has 142 valence electrons. The van der Waals surface area contributed by atoms with Crippen LogP contribution in [0.2, 0.25) is 10.0 Å². The number of amides is 1. The Morgan fingerprint density at radius 2 is 1.68 bits per heavy atom. The van der Waals surface area contributed by atoms with Crippen LogP contribution in [0.3, 0.4) is 0 Å². The summed E-state index contributed by atoms with van der Waals surface area (Å²) >= 11 is 12.8. The normalized spacial score (nSPS) is 19.2. The van der Waals surface area contributed by atoms with E-state index in [0.717, 1.165) is 5.56 Å². The number of carbonyl (C=O) groups is 1. The first-order chi connectivity index (χ1) is 13.6. The third kappa shape index (κ3) is 3.09.